The molecule has 1 atom stereocenters. The fraction of sp³-hybridized carbons (Fsp3) is 0.938. The van der Waals surface area contributed by atoms with Gasteiger partial charge in [-0.1, -0.05) is 0 Å². The number of amides is 1. The summed E-state index contributed by atoms with van der Waals surface area (Å²) in [5.74, 6) is 2.67. The minimum absolute atomic E-state index is 0.0979. The fourth-order valence-electron chi connectivity index (χ4n) is 5.55. The Morgan fingerprint density at radius 1 is 1.11 bits per heavy atom. The van der Waals surface area contributed by atoms with Gasteiger partial charge in [-0.05, 0) is 81.5 Å². The van der Waals surface area contributed by atoms with E-state index >= 15 is 0 Å². The lowest BCUT2D eigenvalue weighted by Gasteiger charge is -2.61. The van der Waals surface area contributed by atoms with Crippen LogP contribution in [0.1, 0.15) is 58.3 Å². The van der Waals surface area contributed by atoms with Crippen LogP contribution in [0.4, 0.5) is 0 Å². The minimum Gasteiger partial charge on any atom is -0.352 e. The van der Waals surface area contributed by atoms with Gasteiger partial charge in [0.25, 0.3) is 0 Å². The second-order valence-corrected chi connectivity index (χ2v) is 8.15. The summed E-state index contributed by atoms with van der Waals surface area (Å²) in [6, 6.07) is 0.421. The molecule has 106 valence electrons. The first-order valence-electron chi connectivity index (χ1n) is 8.08. The highest BCUT2D eigenvalue weighted by atomic mass is 16.2. The van der Waals surface area contributed by atoms with E-state index in [9.17, 15) is 4.79 Å². The van der Waals surface area contributed by atoms with E-state index in [1.165, 1.54) is 38.5 Å². The number of nitrogens with one attached hydrogen (secondary N) is 1. The predicted octanol–water partition coefficient (Wildman–Crippen LogP) is 2.20. The second-order valence-electron chi connectivity index (χ2n) is 8.15. The summed E-state index contributed by atoms with van der Waals surface area (Å²) >= 11 is 0. The molecule has 5 fully saturated rings. The van der Waals surface area contributed by atoms with Crippen LogP contribution in [-0.2, 0) is 4.79 Å². The summed E-state index contributed by atoms with van der Waals surface area (Å²) in [4.78, 5) is 12.6. The molecule has 3 N–H and O–H groups in total. The van der Waals surface area contributed by atoms with Gasteiger partial charge in [0.1, 0.15) is 0 Å². The summed E-state index contributed by atoms with van der Waals surface area (Å²) < 4.78 is 0. The number of hydrogen-bond acceptors (Lipinski definition) is 2. The minimum atomic E-state index is -0.661. The maximum Gasteiger partial charge on any atom is 0.240 e. The molecule has 19 heavy (non-hydrogen) atoms. The molecule has 0 aromatic rings. The molecule has 0 aliphatic heterocycles. The molecule has 3 nitrogen and oxygen atoms in total. The van der Waals surface area contributed by atoms with E-state index < -0.39 is 5.54 Å². The smallest absolute Gasteiger partial charge is 0.240 e. The van der Waals surface area contributed by atoms with E-state index in [1.807, 2.05) is 6.92 Å². The van der Waals surface area contributed by atoms with E-state index in [4.69, 9.17) is 5.73 Å². The monoisotopic (exact) mass is 262 g/mol. The molecule has 5 rings (SSSR count). The average molecular weight is 262 g/mol. The van der Waals surface area contributed by atoms with Gasteiger partial charge in [-0.15, -0.1) is 0 Å². The quantitative estimate of drug-likeness (QED) is 0.819. The Labute approximate surface area is 115 Å². The van der Waals surface area contributed by atoms with Crippen molar-refractivity contribution in [1.29, 1.82) is 0 Å². The van der Waals surface area contributed by atoms with Gasteiger partial charge in [0.2, 0.25) is 5.91 Å². The maximum atomic E-state index is 12.6. The first-order valence-corrected chi connectivity index (χ1v) is 8.08. The number of carbonyl (C=O) groups is 1. The van der Waals surface area contributed by atoms with Crippen LogP contribution >= 0.6 is 0 Å². The molecule has 0 aromatic heterocycles. The van der Waals surface area contributed by atoms with Crippen molar-refractivity contribution < 1.29 is 4.79 Å². The molecule has 0 saturated heterocycles. The molecule has 1 amide bonds. The van der Waals surface area contributed by atoms with Crippen LogP contribution in [0.15, 0.2) is 0 Å². The highest BCUT2D eigenvalue weighted by molar-refractivity contribution is 5.87. The third kappa shape index (κ3) is 1.77. The highest BCUT2D eigenvalue weighted by Crippen LogP contribution is 2.63. The Morgan fingerprint density at radius 2 is 1.58 bits per heavy atom. The molecule has 1 unspecified atom stereocenters. The Morgan fingerprint density at radius 3 is 2.00 bits per heavy atom. The van der Waals surface area contributed by atoms with Gasteiger partial charge >= 0.3 is 0 Å². The number of hydrogen-bond donors (Lipinski definition) is 2. The van der Waals surface area contributed by atoms with Gasteiger partial charge in [-0.2, -0.15) is 0 Å². The molecule has 4 bridgehead atoms. The van der Waals surface area contributed by atoms with Gasteiger partial charge in [-0.25, -0.2) is 0 Å². The molecule has 5 aliphatic carbocycles. The van der Waals surface area contributed by atoms with Crippen molar-refractivity contribution in [2.45, 2.75) is 69.9 Å². The average Bonchev–Trinajstić information content (AvgIpc) is 3.10. The van der Waals surface area contributed by atoms with Crippen molar-refractivity contribution in [1.82, 2.24) is 5.32 Å². The number of rotatable bonds is 3. The topological polar surface area (TPSA) is 55.1 Å². The summed E-state index contributed by atoms with van der Waals surface area (Å²) in [7, 11) is 0. The standard InChI is InChI=1S/C16H26N2O/c1-15(17,14(19)18-13-2-3-13)16-7-10-4-11(8-16)6-12(5-10)9-16/h10-13H,2-9,17H2,1H3,(H,18,19). The van der Waals surface area contributed by atoms with Crippen LogP contribution in [0.2, 0.25) is 0 Å². The van der Waals surface area contributed by atoms with Crippen molar-refractivity contribution in [2.24, 2.45) is 28.9 Å². The van der Waals surface area contributed by atoms with Crippen LogP contribution in [0.5, 0.6) is 0 Å². The van der Waals surface area contributed by atoms with E-state index in [2.05, 4.69) is 5.32 Å². The number of carbonyl (C=O) groups excluding carboxylic acids is 1. The second kappa shape index (κ2) is 3.75. The van der Waals surface area contributed by atoms with Gasteiger partial charge in [0.15, 0.2) is 0 Å². The molecule has 3 heteroatoms. The normalized spacial score (nSPS) is 46.9. The van der Waals surface area contributed by atoms with Gasteiger partial charge in [-0.3, -0.25) is 4.79 Å². The van der Waals surface area contributed by atoms with Crippen molar-refractivity contribution >= 4 is 5.91 Å². The largest absolute Gasteiger partial charge is 0.352 e. The Balaban J connectivity index is 1.60. The molecule has 0 spiro atoms. The lowest BCUT2D eigenvalue weighted by molar-refractivity contribution is -0.143. The van der Waals surface area contributed by atoms with Gasteiger partial charge < -0.3 is 11.1 Å². The third-order valence-electron chi connectivity index (χ3n) is 6.52. The fourth-order valence-corrected chi connectivity index (χ4v) is 5.55. The predicted molar refractivity (Wildman–Crippen MR) is 74.4 cm³/mol. The van der Waals surface area contributed by atoms with Crippen molar-refractivity contribution in [3.63, 3.8) is 0 Å². The maximum absolute atomic E-state index is 12.6. The zero-order valence-electron chi connectivity index (χ0n) is 12.0. The van der Waals surface area contributed by atoms with Crippen LogP contribution < -0.4 is 11.1 Å². The summed E-state index contributed by atoms with van der Waals surface area (Å²) in [6.07, 6.45) is 10.1. The first-order chi connectivity index (χ1) is 8.98. The van der Waals surface area contributed by atoms with Gasteiger partial charge in [0, 0.05) is 6.04 Å². The molecule has 0 radical (unpaired) electrons. The molecule has 5 saturated carbocycles. The molecule has 0 heterocycles. The van der Waals surface area contributed by atoms with E-state index in [0.29, 0.717) is 6.04 Å². The SMILES string of the molecule is CC(N)(C(=O)NC1CC1)C12CC3CC(CC(C3)C1)C2. The molecular weight excluding hydrogens is 236 g/mol. The highest BCUT2D eigenvalue weighted by Gasteiger charge is 2.60. The van der Waals surface area contributed by atoms with E-state index in [-0.39, 0.29) is 11.3 Å². The Bertz CT molecular complexity index is 376. The number of nitrogens with two attached hydrogens (primary N) is 1. The van der Waals surface area contributed by atoms with E-state index in [1.54, 1.807) is 0 Å². The van der Waals surface area contributed by atoms with Gasteiger partial charge in [0.05, 0.1) is 5.54 Å². The Hall–Kier alpha value is -0.570. The van der Waals surface area contributed by atoms with Crippen LogP contribution in [-0.4, -0.2) is 17.5 Å². The molecule has 5 aliphatic rings. The molecular formula is C16H26N2O. The zero-order valence-corrected chi connectivity index (χ0v) is 12.0. The van der Waals surface area contributed by atoms with Crippen LogP contribution in [0.25, 0.3) is 0 Å². The summed E-state index contributed by atoms with van der Waals surface area (Å²) in [6.45, 7) is 2.01. The van der Waals surface area contributed by atoms with Crippen LogP contribution in [0.3, 0.4) is 0 Å². The van der Waals surface area contributed by atoms with E-state index in [0.717, 1.165) is 30.6 Å². The summed E-state index contributed by atoms with van der Waals surface area (Å²) in [5, 5.41) is 3.16. The first kappa shape index (κ1) is 12.2. The summed E-state index contributed by atoms with van der Waals surface area (Å²) in [5.41, 5.74) is 6.06. The lowest BCUT2D eigenvalue weighted by atomic mass is 9.45. The zero-order chi connectivity index (χ0) is 13.3. The Kier molecular flexibility index (Phi) is 2.41. The van der Waals surface area contributed by atoms with Crippen molar-refractivity contribution in [3.05, 3.63) is 0 Å². The molecule has 0 aromatic carbocycles. The third-order valence-corrected chi connectivity index (χ3v) is 6.52. The van der Waals surface area contributed by atoms with Crippen molar-refractivity contribution in [3.8, 4) is 0 Å². The van der Waals surface area contributed by atoms with Crippen LogP contribution in [0, 0.1) is 23.2 Å². The van der Waals surface area contributed by atoms with Crippen molar-refractivity contribution in [2.75, 3.05) is 0 Å². The lowest BCUT2D eigenvalue weighted by Crippen LogP contribution is -2.67.